The quantitative estimate of drug-likeness (QED) is 0.876. The van der Waals surface area contributed by atoms with Gasteiger partial charge in [-0.2, -0.15) is 0 Å². The van der Waals surface area contributed by atoms with Gasteiger partial charge in [-0.3, -0.25) is 9.78 Å². The van der Waals surface area contributed by atoms with Gasteiger partial charge in [-0.15, -0.1) is 0 Å². The number of benzene rings is 1. The van der Waals surface area contributed by atoms with Crippen molar-refractivity contribution in [2.45, 2.75) is 31.6 Å². The highest BCUT2D eigenvalue weighted by molar-refractivity contribution is 5.88. The molecule has 2 aromatic rings. The lowest BCUT2D eigenvalue weighted by atomic mass is 9.86. The lowest BCUT2D eigenvalue weighted by Gasteiger charge is -2.24. The summed E-state index contributed by atoms with van der Waals surface area (Å²) in [6, 6.07) is 7.74. The molecule has 0 spiro atoms. The average molecular weight is 342 g/mol. The normalized spacial score (nSPS) is 16.1. The van der Waals surface area contributed by atoms with Crippen molar-refractivity contribution in [1.29, 1.82) is 0 Å². The van der Waals surface area contributed by atoms with Crippen molar-refractivity contribution in [2.24, 2.45) is 0 Å². The van der Waals surface area contributed by atoms with Gasteiger partial charge in [0.1, 0.15) is 5.82 Å². The fraction of sp³-hybridized carbons (Fsp3) is 0.316. The molecule has 0 aliphatic heterocycles. The highest BCUT2D eigenvalue weighted by atomic mass is 19.1. The Balaban J connectivity index is 1.59. The molecule has 1 atom stereocenters. The van der Waals surface area contributed by atoms with Crippen LogP contribution in [0.15, 0.2) is 36.5 Å². The number of aryl methyl sites for hydroxylation is 1. The van der Waals surface area contributed by atoms with Gasteiger partial charge in [0.25, 0.3) is 0 Å². The summed E-state index contributed by atoms with van der Waals surface area (Å²) in [6.07, 6.45) is 4.85. The first-order chi connectivity index (χ1) is 12.0. The number of fused-ring (bicyclic) bond motifs is 1. The van der Waals surface area contributed by atoms with Crippen LogP contribution in [0.25, 0.3) is 0 Å². The zero-order chi connectivity index (χ0) is 17.8. The van der Waals surface area contributed by atoms with Crippen LogP contribution >= 0.6 is 0 Å². The summed E-state index contributed by atoms with van der Waals surface area (Å²) in [7, 11) is 0. The monoisotopic (exact) mass is 342 g/mol. The maximum Gasteiger partial charge on any atom is 0.338 e. The van der Waals surface area contributed by atoms with Gasteiger partial charge in [-0.1, -0.05) is 12.1 Å². The van der Waals surface area contributed by atoms with Crippen molar-refractivity contribution in [3.05, 3.63) is 64.7 Å². The summed E-state index contributed by atoms with van der Waals surface area (Å²) in [5.41, 5.74) is 2.33. The molecule has 2 N–H and O–H groups in total. The smallest absolute Gasteiger partial charge is 0.338 e. The van der Waals surface area contributed by atoms with Gasteiger partial charge < -0.3 is 10.4 Å². The van der Waals surface area contributed by atoms with E-state index in [-0.39, 0.29) is 18.2 Å². The van der Waals surface area contributed by atoms with Crippen molar-refractivity contribution in [1.82, 2.24) is 10.3 Å². The van der Waals surface area contributed by atoms with Crippen LogP contribution in [0, 0.1) is 5.82 Å². The molecule has 130 valence electrons. The third-order valence-electron chi connectivity index (χ3n) is 4.49. The topological polar surface area (TPSA) is 79.3 Å². The predicted octanol–water partition coefficient (Wildman–Crippen LogP) is 2.70. The number of nitrogens with one attached hydrogen (secondary N) is 1. The Hall–Kier alpha value is -2.76. The van der Waals surface area contributed by atoms with E-state index in [0.717, 1.165) is 31.0 Å². The molecule has 5 nitrogen and oxygen atoms in total. The molecule has 1 heterocycles. The van der Waals surface area contributed by atoms with Crippen LogP contribution in [0.1, 0.15) is 45.9 Å². The molecule has 0 saturated carbocycles. The number of carbonyl (C=O) groups excluding carboxylic acids is 1. The molecule has 0 saturated heterocycles. The molecule has 1 unspecified atom stereocenters. The minimum absolute atomic E-state index is 0.0125. The summed E-state index contributed by atoms with van der Waals surface area (Å²) in [4.78, 5) is 27.4. The van der Waals surface area contributed by atoms with Crippen molar-refractivity contribution < 1.29 is 19.1 Å². The van der Waals surface area contributed by atoms with Crippen LogP contribution in [0.2, 0.25) is 0 Å². The largest absolute Gasteiger partial charge is 0.478 e. The maximum atomic E-state index is 13.7. The number of halogens is 1. The lowest BCUT2D eigenvalue weighted by molar-refractivity contribution is -0.120. The molecule has 1 aliphatic rings. The molecular weight excluding hydrogens is 323 g/mol. The Labute approximate surface area is 144 Å². The molecule has 1 aromatic carbocycles. The van der Waals surface area contributed by atoms with Crippen molar-refractivity contribution in [3.63, 3.8) is 0 Å². The summed E-state index contributed by atoms with van der Waals surface area (Å²) in [5, 5.41) is 11.7. The second kappa shape index (κ2) is 7.42. The molecule has 1 amide bonds. The third-order valence-corrected chi connectivity index (χ3v) is 4.49. The first-order valence-electron chi connectivity index (χ1n) is 8.27. The first-order valence-corrected chi connectivity index (χ1v) is 8.27. The number of rotatable bonds is 5. The minimum atomic E-state index is -1.32. The molecule has 25 heavy (non-hydrogen) atoms. The van der Waals surface area contributed by atoms with E-state index in [1.807, 2.05) is 6.07 Å². The molecular formula is C19H19FN2O3. The number of carboxylic acid groups (broad SMARTS) is 1. The number of hydrogen-bond donors (Lipinski definition) is 2. The second-order valence-corrected chi connectivity index (χ2v) is 6.24. The predicted molar refractivity (Wildman–Crippen MR) is 90.0 cm³/mol. The van der Waals surface area contributed by atoms with Gasteiger partial charge >= 0.3 is 5.97 Å². The molecule has 3 rings (SSSR count). The molecule has 0 radical (unpaired) electrons. The van der Waals surface area contributed by atoms with Crippen LogP contribution in [0.4, 0.5) is 4.39 Å². The Morgan fingerprint density at radius 1 is 1.32 bits per heavy atom. The second-order valence-electron chi connectivity index (χ2n) is 6.24. The Morgan fingerprint density at radius 2 is 2.16 bits per heavy atom. The van der Waals surface area contributed by atoms with Crippen LogP contribution in [-0.2, 0) is 17.6 Å². The van der Waals surface area contributed by atoms with E-state index in [1.165, 1.54) is 17.7 Å². The van der Waals surface area contributed by atoms with Gasteiger partial charge in [-0.05, 0) is 48.6 Å². The van der Waals surface area contributed by atoms with E-state index in [2.05, 4.69) is 16.4 Å². The maximum absolute atomic E-state index is 13.7. The molecule has 1 aliphatic carbocycles. The van der Waals surface area contributed by atoms with Gasteiger partial charge in [0, 0.05) is 24.4 Å². The van der Waals surface area contributed by atoms with Crippen LogP contribution in [0.5, 0.6) is 0 Å². The first kappa shape index (κ1) is 17.1. The molecule has 6 heteroatoms. The number of amides is 1. The lowest BCUT2D eigenvalue weighted by Crippen LogP contribution is -2.31. The summed E-state index contributed by atoms with van der Waals surface area (Å²) in [6.45, 7) is 0.499. The molecule has 0 bridgehead atoms. The van der Waals surface area contributed by atoms with E-state index in [0.29, 0.717) is 12.1 Å². The fourth-order valence-electron chi connectivity index (χ4n) is 3.23. The zero-order valence-electron chi connectivity index (χ0n) is 13.7. The number of carbonyl (C=O) groups is 2. The highest BCUT2D eigenvalue weighted by Gasteiger charge is 2.21. The summed E-state index contributed by atoms with van der Waals surface area (Å²) in [5.74, 6) is -2.18. The molecule has 1 aromatic heterocycles. The van der Waals surface area contributed by atoms with Crippen molar-refractivity contribution in [2.75, 3.05) is 6.54 Å². The van der Waals surface area contributed by atoms with Crippen LogP contribution < -0.4 is 5.32 Å². The average Bonchev–Trinajstić information content (AvgIpc) is 2.59. The van der Waals surface area contributed by atoms with E-state index in [9.17, 15) is 14.0 Å². The van der Waals surface area contributed by atoms with Gasteiger partial charge in [-0.25, -0.2) is 9.18 Å². The number of hydrogen-bond acceptors (Lipinski definition) is 3. The van der Waals surface area contributed by atoms with Crippen LogP contribution in [-0.4, -0.2) is 28.5 Å². The Bertz CT molecular complexity index is 807. The number of carboxylic acids is 1. The van der Waals surface area contributed by atoms with E-state index >= 15 is 0 Å². The third kappa shape index (κ3) is 4.02. The minimum Gasteiger partial charge on any atom is -0.478 e. The van der Waals surface area contributed by atoms with E-state index in [1.54, 1.807) is 6.20 Å². The highest BCUT2D eigenvalue weighted by Crippen LogP contribution is 2.29. The number of pyridine rings is 1. The number of aromatic carboxylic acids is 1. The summed E-state index contributed by atoms with van der Waals surface area (Å²) >= 11 is 0. The number of nitrogens with zero attached hydrogens (tertiary/aromatic N) is 1. The van der Waals surface area contributed by atoms with E-state index < -0.39 is 17.3 Å². The van der Waals surface area contributed by atoms with E-state index in [4.69, 9.17) is 5.11 Å². The Morgan fingerprint density at radius 3 is 2.92 bits per heavy atom. The van der Waals surface area contributed by atoms with Gasteiger partial charge in [0.15, 0.2) is 0 Å². The van der Waals surface area contributed by atoms with Crippen molar-refractivity contribution in [3.8, 4) is 0 Å². The van der Waals surface area contributed by atoms with Crippen molar-refractivity contribution >= 4 is 11.9 Å². The van der Waals surface area contributed by atoms with Crippen LogP contribution in [0.3, 0.4) is 0 Å². The Kier molecular flexibility index (Phi) is 5.07. The SMILES string of the molecule is O=C(Cc1ccc(C(=O)O)c(F)c1)NCC1CCCc2cccnc21. The fourth-order valence-corrected chi connectivity index (χ4v) is 3.23. The zero-order valence-corrected chi connectivity index (χ0v) is 13.7. The molecule has 0 fully saturated rings. The van der Waals surface area contributed by atoms with Gasteiger partial charge in [0.2, 0.25) is 5.91 Å². The standard InChI is InChI=1S/C19H19FN2O3/c20-16-9-12(6-7-15(16)19(24)25)10-17(23)22-11-14-4-1-3-13-5-2-8-21-18(13)14/h2,5-9,14H,1,3-4,10-11H2,(H,22,23)(H,24,25). The summed E-state index contributed by atoms with van der Waals surface area (Å²) < 4.78 is 13.7. The van der Waals surface area contributed by atoms with Gasteiger partial charge in [0.05, 0.1) is 12.0 Å². The number of aromatic nitrogens is 1.